The first-order chi connectivity index (χ1) is 14.4. The van der Waals surface area contributed by atoms with Gasteiger partial charge in [-0.15, -0.1) is 0 Å². The fourth-order valence-corrected chi connectivity index (χ4v) is 3.88. The molecule has 8 heteroatoms. The summed E-state index contributed by atoms with van der Waals surface area (Å²) in [5.41, 5.74) is 3.15. The molecule has 0 radical (unpaired) electrons. The predicted octanol–water partition coefficient (Wildman–Crippen LogP) is 4.92. The molecule has 0 aromatic heterocycles. The maximum atomic E-state index is 11.9. The second-order valence-electron chi connectivity index (χ2n) is 6.59. The lowest BCUT2D eigenvalue weighted by atomic mass is 10.1. The molecular formula is C22H22ClNO4S2. The van der Waals surface area contributed by atoms with Crippen LogP contribution in [0.3, 0.4) is 0 Å². The van der Waals surface area contributed by atoms with Crippen LogP contribution in [0.25, 0.3) is 6.08 Å². The summed E-state index contributed by atoms with van der Waals surface area (Å²) < 4.78 is 17.5. The maximum absolute atomic E-state index is 11.9. The van der Waals surface area contributed by atoms with E-state index in [4.69, 9.17) is 38.0 Å². The van der Waals surface area contributed by atoms with Crippen molar-refractivity contribution < 1.29 is 19.0 Å². The van der Waals surface area contributed by atoms with Crippen LogP contribution in [0.5, 0.6) is 11.5 Å². The van der Waals surface area contributed by atoms with Crippen LogP contribution in [0, 0.1) is 13.8 Å². The van der Waals surface area contributed by atoms with E-state index in [0.29, 0.717) is 52.0 Å². The molecule has 0 bridgehead atoms. The lowest BCUT2D eigenvalue weighted by Gasteiger charge is -2.11. The molecule has 1 fully saturated rings. The summed E-state index contributed by atoms with van der Waals surface area (Å²) in [6.45, 7) is 5.83. The molecule has 2 aromatic carbocycles. The summed E-state index contributed by atoms with van der Waals surface area (Å²) in [5, 5.41) is 3.15. The van der Waals surface area contributed by atoms with Crippen molar-refractivity contribution in [1.82, 2.24) is 5.32 Å². The van der Waals surface area contributed by atoms with Gasteiger partial charge in [-0.1, -0.05) is 41.6 Å². The van der Waals surface area contributed by atoms with Gasteiger partial charge in [-0.05, 0) is 61.4 Å². The van der Waals surface area contributed by atoms with Crippen LogP contribution in [-0.4, -0.2) is 36.7 Å². The number of ether oxygens (including phenoxy) is 3. The Bertz CT molecular complexity index is 978. The summed E-state index contributed by atoms with van der Waals surface area (Å²) in [5.74, 6) is 1.24. The second kappa shape index (κ2) is 10.8. The lowest BCUT2D eigenvalue weighted by molar-refractivity contribution is -0.115. The molecule has 0 spiro atoms. The minimum Gasteiger partial charge on any atom is -0.491 e. The third-order valence-electron chi connectivity index (χ3n) is 4.36. The van der Waals surface area contributed by atoms with Crippen molar-refractivity contribution in [3.8, 4) is 11.5 Å². The van der Waals surface area contributed by atoms with E-state index in [1.165, 1.54) is 22.9 Å². The van der Waals surface area contributed by atoms with Gasteiger partial charge in [-0.25, -0.2) is 0 Å². The molecule has 30 heavy (non-hydrogen) atoms. The number of rotatable bonds is 9. The smallest absolute Gasteiger partial charge is 0.263 e. The van der Waals surface area contributed by atoms with E-state index in [9.17, 15) is 4.79 Å². The van der Waals surface area contributed by atoms with Crippen LogP contribution < -0.4 is 14.8 Å². The van der Waals surface area contributed by atoms with Crippen molar-refractivity contribution in [2.75, 3.05) is 26.4 Å². The van der Waals surface area contributed by atoms with Crippen molar-refractivity contribution in [3.63, 3.8) is 0 Å². The zero-order valence-corrected chi connectivity index (χ0v) is 19.1. The van der Waals surface area contributed by atoms with Gasteiger partial charge < -0.3 is 19.5 Å². The highest BCUT2D eigenvalue weighted by Crippen LogP contribution is 2.31. The minimum absolute atomic E-state index is 0.219. The number of amides is 1. The van der Waals surface area contributed by atoms with Gasteiger partial charge in [0.15, 0.2) is 0 Å². The van der Waals surface area contributed by atoms with Crippen molar-refractivity contribution in [2.45, 2.75) is 13.8 Å². The lowest BCUT2D eigenvalue weighted by Crippen LogP contribution is -2.17. The van der Waals surface area contributed by atoms with Crippen molar-refractivity contribution >= 4 is 51.9 Å². The number of nitrogens with one attached hydrogen (secondary N) is 1. The first kappa shape index (κ1) is 22.6. The molecule has 1 saturated heterocycles. The highest BCUT2D eigenvalue weighted by Gasteiger charge is 2.22. The number of carbonyl (C=O) groups is 1. The highest BCUT2D eigenvalue weighted by molar-refractivity contribution is 8.26. The van der Waals surface area contributed by atoms with Crippen LogP contribution in [0.4, 0.5) is 0 Å². The van der Waals surface area contributed by atoms with E-state index in [-0.39, 0.29) is 5.91 Å². The van der Waals surface area contributed by atoms with E-state index in [1.807, 2.05) is 18.2 Å². The average Bonchev–Trinajstić information content (AvgIpc) is 3.02. The van der Waals surface area contributed by atoms with Crippen LogP contribution in [-0.2, 0) is 9.53 Å². The number of benzene rings is 2. The third-order valence-corrected chi connectivity index (χ3v) is 5.76. The summed E-state index contributed by atoms with van der Waals surface area (Å²) in [7, 11) is 0. The normalized spacial score (nSPS) is 14.8. The van der Waals surface area contributed by atoms with E-state index >= 15 is 0 Å². The first-order valence-electron chi connectivity index (χ1n) is 9.37. The van der Waals surface area contributed by atoms with Gasteiger partial charge in [0.1, 0.15) is 29.0 Å². The Morgan fingerprint density at radius 1 is 1.03 bits per heavy atom. The molecule has 1 aliphatic heterocycles. The quantitative estimate of drug-likeness (QED) is 0.323. The van der Waals surface area contributed by atoms with E-state index < -0.39 is 0 Å². The summed E-state index contributed by atoms with van der Waals surface area (Å²) in [6, 6.07) is 11.3. The topological polar surface area (TPSA) is 56.8 Å². The number of aryl methyl sites for hydroxylation is 2. The number of hydrogen-bond donors (Lipinski definition) is 1. The molecular weight excluding hydrogens is 442 g/mol. The Morgan fingerprint density at radius 2 is 1.80 bits per heavy atom. The van der Waals surface area contributed by atoms with Crippen molar-refractivity contribution in [2.24, 2.45) is 0 Å². The fourth-order valence-electron chi connectivity index (χ4n) is 2.66. The molecule has 5 nitrogen and oxygen atoms in total. The van der Waals surface area contributed by atoms with Crippen LogP contribution in [0.2, 0.25) is 5.02 Å². The van der Waals surface area contributed by atoms with Crippen LogP contribution >= 0.6 is 35.6 Å². The summed E-state index contributed by atoms with van der Waals surface area (Å²) in [6.07, 6.45) is 1.72. The third kappa shape index (κ3) is 6.47. The molecule has 1 heterocycles. The molecule has 1 aliphatic rings. The zero-order valence-electron chi connectivity index (χ0n) is 16.7. The van der Waals surface area contributed by atoms with E-state index in [1.54, 1.807) is 24.3 Å². The predicted molar refractivity (Wildman–Crippen MR) is 125 cm³/mol. The molecule has 2 aromatic rings. The maximum Gasteiger partial charge on any atom is 0.263 e. The minimum atomic E-state index is -0.219. The molecule has 0 saturated carbocycles. The first-order valence-corrected chi connectivity index (χ1v) is 11.0. The summed E-state index contributed by atoms with van der Waals surface area (Å²) in [4.78, 5) is 12.4. The van der Waals surface area contributed by atoms with Gasteiger partial charge >= 0.3 is 0 Å². The molecule has 0 unspecified atom stereocenters. The van der Waals surface area contributed by atoms with Gasteiger partial charge in [0.25, 0.3) is 5.91 Å². The number of thiocarbonyl (C=S) groups is 1. The number of hydrogen-bond acceptors (Lipinski definition) is 6. The van der Waals surface area contributed by atoms with Gasteiger partial charge in [0.2, 0.25) is 0 Å². The molecule has 0 aliphatic carbocycles. The van der Waals surface area contributed by atoms with Crippen LogP contribution in [0.1, 0.15) is 16.7 Å². The molecule has 158 valence electrons. The monoisotopic (exact) mass is 463 g/mol. The van der Waals surface area contributed by atoms with Crippen molar-refractivity contribution in [3.05, 3.63) is 63.0 Å². The standard InChI is InChI=1S/C22H22ClNO4S2/c1-14-3-5-18(11-15(14)2)27-9-7-26-8-10-28-19-6-4-17(23)12-16(19)13-20-21(25)24-22(29)30-20/h3-6,11-13H,7-10H2,1-2H3,(H,24,25,29). The van der Waals surface area contributed by atoms with Crippen LogP contribution in [0.15, 0.2) is 41.3 Å². The number of thioether (sulfide) groups is 1. The Labute approximate surface area is 190 Å². The van der Waals surface area contributed by atoms with E-state index in [2.05, 4.69) is 19.2 Å². The summed E-state index contributed by atoms with van der Waals surface area (Å²) >= 11 is 12.3. The van der Waals surface area contributed by atoms with Gasteiger partial charge in [-0.2, -0.15) is 0 Å². The molecule has 3 rings (SSSR count). The largest absolute Gasteiger partial charge is 0.491 e. The van der Waals surface area contributed by atoms with Gasteiger partial charge in [0.05, 0.1) is 18.1 Å². The average molecular weight is 464 g/mol. The zero-order chi connectivity index (χ0) is 21.5. The molecule has 0 atom stereocenters. The number of halogens is 1. The Kier molecular flexibility index (Phi) is 8.16. The SMILES string of the molecule is Cc1ccc(OCCOCCOc2ccc(Cl)cc2C=C2SC(=S)NC2=O)cc1C. The Hall–Kier alpha value is -2.06. The Balaban J connectivity index is 1.45. The highest BCUT2D eigenvalue weighted by atomic mass is 35.5. The molecule has 1 N–H and O–H groups in total. The second-order valence-corrected chi connectivity index (χ2v) is 8.75. The van der Waals surface area contributed by atoms with Gasteiger partial charge in [-0.3, -0.25) is 4.79 Å². The number of carbonyl (C=O) groups excluding carboxylic acids is 1. The van der Waals surface area contributed by atoms with E-state index in [0.717, 1.165) is 5.75 Å². The fraction of sp³-hybridized carbons (Fsp3) is 0.273. The van der Waals surface area contributed by atoms with Crippen molar-refractivity contribution in [1.29, 1.82) is 0 Å². The molecule has 1 amide bonds. The van der Waals surface area contributed by atoms with Gasteiger partial charge in [0, 0.05) is 10.6 Å². The Morgan fingerprint density at radius 3 is 2.50 bits per heavy atom.